The summed E-state index contributed by atoms with van der Waals surface area (Å²) in [5, 5.41) is 0. The molecule has 0 saturated carbocycles. The molecule has 6 heteroatoms. The van der Waals surface area contributed by atoms with E-state index in [0.29, 0.717) is 31.9 Å². The molecule has 5 nitrogen and oxygen atoms in total. The van der Waals surface area contributed by atoms with E-state index in [1.165, 1.54) is 7.11 Å². The quantitative estimate of drug-likeness (QED) is 0.535. The Hall–Kier alpha value is -0.810. The minimum atomic E-state index is -0.654. The van der Waals surface area contributed by atoms with Crippen LogP contribution in [0.1, 0.15) is 12.8 Å². The van der Waals surface area contributed by atoms with Crippen molar-refractivity contribution >= 4 is 23.5 Å². The lowest BCUT2D eigenvalue weighted by molar-refractivity contribution is -0.162. The van der Waals surface area contributed by atoms with Gasteiger partial charge in [0.2, 0.25) is 5.91 Å². The molecular weight excluding hydrogens is 234 g/mol. The van der Waals surface area contributed by atoms with E-state index in [1.54, 1.807) is 4.90 Å². The van der Waals surface area contributed by atoms with E-state index in [4.69, 9.17) is 16.3 Å². The average molecular weight is 250 g/mol. The molecule has 1 aliphatic heterocycles. The number of morpholine rings is 1. The number of alkyl halides is 1. The zero-order chi connectivity index (χ0) is 12.0. The first-order valence-corrected chi connectivity index (χ1v) is 5.75. The molecule has 0 N–H and O–H groups in total. The van der Waals surface area contributed by atoms with Crippen LogP contribution in [0, 0.1) is 0 Å². The number of hydrogen-bond donors (Lipinski definition) is 0. The van der Waals surface area contributed by atoms with Crippen molar-refractivity contribution in [1.29, 1.82) is 0 Å². The Labute approximate surface area is 99.6 Å². The highest BCUT2D eigenvalue weighted by Gasteiger charge is 2.29. The molecule has 16 heavy (non-hydrogen) atoms. The summed E-state index contributed by atoms with van der Waals surface area (Å²) in [5.41, 5.74) is 0. The average Bonchev–Trinajstić information content (AvgIpc) is 2.35. The predicted molar refractivity (Wildman–Crippen MR) is 58.3 cm³/mol. The number of halogens is 1. The van der Waals surface area contributed by atoms with Crippen molar-refractivity contribution < 1.29 is 19.1 Å². The van der Waals surface area contributed by atoms with Crippen LogP contribution in [0.25, 0.3) is 0 Å². The maximum absolute atomic E-state index is 11.7. The highest BCUT2D eigenvalue weighted by molar-refractivity contribution is 6.17. The van der Waals surface area contributed by atoms with Crippen LogP contribution in [0.4, 0.5) is 0 Å². The molecule has 1 unspecified atom stereocenters. The molecule has 1 heterocycles. The lowest BCUT2D eigenvalue weighted by Gasteiger charge is -2.31. The Kier molecular flexibility index (Phi) is 5.55. The topological polar surface area (TPSA) is 55.8 Å². The van der Waals surface area contributed by atoms with Gasteiger partial charge < -0.3 is 14.4 Å². The first-order valence-electron chi connectivity index (χ1n) is 5.22. The maximum Gasteiger partial charge on any atom is 0.336 e. The lowest BCUT2D eigenvalue weighted by Crippen LogP contribution is -2.48. The summed E-state index contributed by atoms with van der Waals surface area (Å²) in [7, 11) is 1.31. The van der Waals surface area contributed by atoms with Crippen LogP contribution in [0.5, 0.6) is 0 Å². The number of rotatable bonds is 4. The van der Waals surface area contributed by atoms with E-state index >= 15 is 0 Å². The number of carbonyl (C=O) groups is 2. The van der Waals surface area contributed by atoms with Crippen molar-refractivity contribution in [3.8, 4) is 0 Å². The monoisotopic (exact) mass is 249 g/mol. The molecule has 0 bridgehead atoms. The molecule has 0 radical (unpaired) electrons. The molecule has 0 aliphatic carbocycles. The van der Waals surface area contributed by atoms with Crippen molar-refractivity contribution in [2.75, 3.05) is 32.7 Å². The van der Waals surface area contributed by atoms with Crippen molar-refractivity contribution in [2.24, 2.45) is 0 Å². The zero-order valence-electron chi connectivity index (χ0n) is 9.28. The van der Waals surface area contributed by atoms with Crippen molar-refractivity contribution in [1.82, 2.24) is 4.90 Å². The van der Waals surface area contributed by atoms with Gasteiger partial charge in [0.05, 0.1) is 20.3 Å². The molecule has 1 fully saturated rings. The number of amides is 1. The second-order valence-electron chi connectivity index (χ2n) is 3.51. The molecule has 0 aromatic rings. The van der Waals surface area contributed by atoms with E-state index in [0.717, 1.165) is 0 Å². The predicted octanol–water partition coefficient (Wildman–Crippen LogP) is 0.406. The molecular formula is C10H16ClNO4. The zero-order valence-corrected chi connectivity index (χ0v) is 10.0. The van der Waals surface area contributed by atoms with Gasteiger partial charge in [-0.1, -0.05) is 0 Å². The van der Waals surface area contributed by atoms with Gasteiger partial charge in [0, 0.05) is 18.8 Å². The van der Waals surface area contributed by atoms with Gasteiger partial charge in [0.25, 0.3) is 0 Å². The Morgan fingerprint density at radius 1 is 1.56 bits per heavy atom. The standard InChI is InChI=1S/C10H16ClNO4/c1-15-10(14)8-7-12(5-6-16-8)9(13)3-2-4-11/h8H,2-7H2,1H3. The maximum atomic E-state index is 11.7. The number of ether oxygens (including phenoxy) is 2. The number of carbonyl (C=O) groups excluding carboxylic acids is 2. The fourth-order valence-electron chi connectivity index (χ4n) is 1.53. The molecule has 0 aromatic heterocycles. The molecule has 1 saturated heterocycles. The van der Waals surface area contributed by atoms with Gasteiger partial charge in [-0.3, -0.25) is 4.79 Å². The normalized spacial score (nSPS) is 20.6. The third kappa shape index (κ3) is 3.64. The van der Waals surface area contributed by atoms with Gasteiger partial charge in [-0.05, 0) is 6.42 Å². The Morgan fingerprint density at radius 2 is 2.31 bits per heavy atom. The van der Waals surface area contributed by atoms with Crippen molar-refractivity contribution in [3.05, 3.63) is 0 Å². The van der Waals surface area contributed by atoms with E-state index in [-0.39, 0.29) is 12.5 Å². The fourth-order valence-corrected chi connectivity index (χ4v) is 1.66. The third-order valence-electron chi connectivity index (χ3n) is 2.41. The van der Waals surface area contributed by atoms with Crippen LogP contribution in [0.3, 0.4) is 0 Å². The minimum Gasteiger partial charge on any atom is -0.467 e. The summed E-state index contributed by atoms with van der Waals surface area (Å²) in [4.78, 5) is 24.5. The first-order chi connectivity index (χ1) is 7.69. The molecule has 1 aliphatic rings. The largest absolute Gasteiger partial charge is 0.467 e. The molecule has 0 aromatic carbocycles. The number of methoxy groups -OCH3 is 1. The smallest absolute Gasteiger partial charge is 0.336 e. The van der Waals surface area contributed by atoms with E-state index in [1.807, 2.05) is 0 Å². The summed E-state index contributed by atoms with van der Waals surface area (Å²) >= 11 is 5.52. The van der Waals surface area contributed by atoms with Gasteiger partial charge in [0.1, 0.15) is 0 Å². The minimum absolute atomic E-state index is 0.0119. The van der Waals surface area contributed by atoms with Crippen LogP contribution >= 0.6 is 11.6 Å². The van der Waals surface area contributed by atoms with Gasteiger partial charge >= 0.3 is 5.97 Å². The Bertz CT molecular complexity index is 259. The highest BCUT2D eigenvalue weighted by Crippen LogP contribution is 2.09. The van der Waals surface area contributed by atoms with E-state index in [2.05, 4.69) is 4.74 Å². The second-order valence-corrected chi connectivity index (χ2v) is 3.89. The van der Waals surface area contributed by atoms with E-state index in [9.17, 15) is 9.59 Å². The molecule has 1 amide bonds. The van der Waals surface area contributed by atoms with Gasteiger partial charge in [0.15, 0.2) is 6.10 Å². The first kappa shape index (κ1) is 13.3. The van der Waals surface area contributed by atoms with Crippen LogP contribution in [-0.2, 0) is 19.1 Å². The fraction of sp³-hybridized carbons (Fsp3) is 0.800. The second kappa shape index (κ2) is 6.70. The van der Waals surface area contributed by atoms with Crippen molar-refractivity contribution in [3.63, 3.8) is 0 Å². The summed E-state index contributed by atoms with van der Waals surface area (Å²) in [5.74, 6) is 0.0453. The third-order valence-corrected chi connectivity index (χ3v) is 2.67. The lowest BCUT2D eigenvalue weighted by atomic mass is 10.2. The summed E-state index contributed by atoms with van der Waals surface area (Å²) < 4.78 is 9.80. The van der Waals surface area contributed by atoms with Crippen LogP contribution < -0.4 is 0 Å². The van der Waals surface area contributed by atoms with Crippen LogP contribution in [0.15, 0.2) is 0 Å². The molecule has 0 spiro atoms. The van der Waals surface area contributed by atoms with Crippen LogP contribution in [-0.4, -0.2) is 55.6 Å². The number of nitrogens with zero attached hydrogens (tertiary/aromatic N) is 1. The summed E-state index contributed by atoms with van der Waals surface area (Å²) in [6.07, 6.45) is 0.414. The van der Waals surface area contributed by atoms with Gasteiger partial charge in [-0.15, -0.1) is 11.6 Å². The number of hydrogen-bond acceptors (Lipinski definition) is 4. The van der Waals surface area contributed by atoms with Crippen LogP contribution in [0.2, 0.25) is 0 Å². The number of esters is 1. The summed E-state index contributed by atoms with van der Waals surface area (Å²) in [6.45, 7) is 1.16. The van der Waals surface area contributed by atoms with Crippen molar-refractivity contribution in [2.45, 2.75) is 18.9 Å². The molecule has 1 rings (SSSR count). The molecule has 1 atom stereocenters. The summed E-state index contributed by atoms with van der Waals surface area (Å²) in [6, 6.07) is 0. The van der Waals surface area contributed by atoms with E-state index < -0.39 is 12.1 Å². The molecule has 92 valence electrons. The Morgan fingerprint density at radius 3 is 2.94 bits per heavy atom. The Balaban J connectivity index is 2.43. The highest BCUT2D eigenvalue weighted by atomic mass is 35.5. The van der Waals surface area contributed by atoms with Gasteiger partial charge in [-0.25, -0.2) is 4.79 Å². The SMILES string of the molecule is COC(=O)C1CN(C(=O)CCCCl)CCO1. The van der Waals surface area contributed by atoms with Gasteiger partial charge in [-0.2, -0.15) is 0 Å².